The highest BCUT2D eigenvalue weighted by Crippen LogP contribution is 2.51. The summed E-state index contributed by atoms with van der Waals surface area (Å²) in [6.45, 7) is 0. The maximum absolute atomic E-state index is 6.65. The normalized spacial score (nSPS) is 11.4. The molecule has 0 aliphatic carbocycles. The summed E-state index contributed by atoms with van der Waals surface area (Å²) in [7, 11) is 0. The van der Waals surface area contributed by atoms with Gasteiger partial charge in [0.15, 0.2) is 5.58 Å². The van der Waals surface area contributed by atoms with Crippen LogP contribution >= 0.6 is 11.3 Å². The van der Waals surface area contributed by atoms with Crippen LogP contribution in [0.1, 0.15) is 0 Å². The molecule has 0 amide bonds. The van der Waals surface area contributed by atoms with Crippen LogP contribution in [-0.2, 0) is 0 Å². The summed E-state index contributed by atoms with van der Waals surface area (Å²) in [5.41, 5.74) is 31.1. The van der Waals surface area contributed by atoms with Gasteiger partial charge in [-0.25, -0.2) is 0 Å². The Labute approximate surface area is 858 Å². The monoisotopic (exact) mass is 1890 g/mol. The molecule has 147 heavy (non-hydrogen) atoms. The van der Waals surface area contributed by atoms with Crippen molar-refractivity contribution in [3.05, 3.63) is 576 Å². The quantitative estimate of drug-likeness (QED) is 0.0848. The zero-order valence-corrected chi connectivity index (χ0v) is 81.3. The van der Waals surface area contributed by atoms with Gasteiger partial charge in [-0.1, -0.05) is 449 Å². The molecule has 28 aromatic rings. The number of fused-ring (bicyclic) bond motifs is 16. The molecule has 5 heteroatoms. The molecule has 0 bridgehead atoms. The Bertz CT molecular complexity index is 9650. The summed E-state index contributed by atoms with van der Waals surface area (Å²) in [6, 6.07) is 208. The van der Waals surface area contributed by atoms with E-state index >= 15 is 0 Å². The fourth-order valence-electron chi connectivity index (χ4n) is 21.9. The van der Waals surface area contributed by atoms with E-state index in [4.69, 9.17) is 4.42 Å². The van der Waals surface area contributed by atoms with Crippen LogP contribution in [0, 0.1) is 0 Å². The van der Waals surface area contributed by atoms with Gasteiger partial charge in [0, 0.05) is 76.4 Å². The Hall–Kier alpha value is -19.0. The molecule has 0 saturated carbocycles. The Morgan fingerprint density at radius 1 is 0.143 bits per heavy atom. The van der Waals surface area contributed by atoms with Gasteiger partial charge in [-0.3, -0.25) is 0 Å². The standard InChI is InChI=1S/C54H35NO.C44H29NS.C44H31N/c1-2-15-38(16-3-1)52-47-22-8-6-19-44(47)45-20-7-9-23-48(45)53(52)39-30-34-41(35-31-39)55(50-26-13-25-49-46-21-10-11-27-51(46)56-54(49)50)40-32-28-37(29-33-40)43-24-12-17-36-14-4-5-18-42(36)43;1-2-10-30(11-3-1)31-18-22-34(23-19-31)45(36-26-27-41-40-16-8-9-17-43(40)46-44(41)29-36)35-24-20-32(21-25-35)42-28-33-12-4-5-13-37(33)38-14-6-7-15-39(38)42;1-3-11-32(12-4-1)34-19-25-38(26-20-34)45(39-27-21-35(22-28-39)33-13-5-2-6-14-33)40-29-23-36(24-30-40)44-31-37-15-7-8-16-41(37)42-17-9-10-18-43(42)44/h1-35H;1-29H;1-31H. The predicted octanol–water partition coefficient (Wildman–Crippen LogP) is 41.1. The molecule has 690 valence electrons. The first-order valence-electron chi connectivity index (χ1n) is 50.3. The molecule has 0 spiro atoms. The minimum atomic E-state index is 0.864. The highest BCUT2D eigenvalue weighted by molar-refractivity contribution is 7.25. The molecule has 26 aromatic carbocycles. The number of hydrogen-bond acceptors (Lipinski definition) is 5. The molecule has 0 radical (unpaired) electrons. The number of rotatable bonds is 17. The van der Waals surface area contributed by atoms with Crippen LogP contribution in [0.2, 0.25) is 0 Å². The lowest BCUT2D eigenvalue weighted by Gasteiger charge is -2.26. The second-order valence-corrected chi connectivity index (χ2v) is 38.7. The second-order valence-electron chi connectivity index (χ2n) is 37.6. The lowest BCUT2D eigenvalue weighted by atomic mass is 9.85. The SMILES string of the molecule is c1ccc(-c2c(-c3ccc(N(c4ccc(-c5cccc6ccccc56)cc4)c4cccc5c4oc4ccccc45)cc3)c3ccccc3c3ccccc23)cc1.c1ccc(-c2ccc(N(c3ccc(-c4cc5ccccc5c5ccccc45)cc3)c3ccc4c(c3)sc3ccccc34)cc2)cc1.c1ccc(-c2ccc(N(c3ccc(-c4ccccc4)cc3)c3ccc(-c4cc5ccccc5c5ccccc45)cc3)cc2)cc1. The van der Waals surface area contributed by atoms with E-state index in [1.54, 1.807) is 0 Å². The molecule has 2 heterocycles. The molecular weight excluding hydrogens is 1800 g/mol. The Kier molecular flexibility index (Phi) is 23.2. The number of furan rings is 1. The van der Waals surface area contributed by atoms with Crippen molar-refractivity contribution in [2.45, 2.75) is 0 Å². The van der Waals surface area contributed by atoms with Crippen LogP contribution in [0.5, 0.6) is 0 Å². The summed E-state index contributed by atoms with van der Waals surface area (Å²) in [4.78, 5) is 7.05. The van der Waals surface area contributed by atoms with Crippen LogP contribution in [0.25, 0.3) is 207 Å². The summed E-state index contributed by atoms with van der Waals surface area (Å²) in [6.07, 6.45) is 0. The van der Waals surface area contributed by atoms with E-state index in [2.05, 4.69) is 585 Å². The maximum atomic E-state index is 6.65. The lowest BCUT2D eigenvalue weighted by Crippen LogP contribution is -2.10. The van der Waals surface area contributed by atoms with E-state index in [0.717, 1.165) is 73.1 Å². The molecule has 2 aromatic heterocycles. The second kappa shape index (κ2) is 38.8. The van der Waals surface area contributed by atoms with Crippen molar-refractivity contribution in [1.29, 1.82) is 0 Å². The third kappa shape index (κ3) is 16.9. The van der Waals surface area contributed by atoms with Crippen molar-refractivity contribution in [3.8, 4) is 89.0 Å². The molecule has 0 unspecified atom stereocenters. The van der Waals surface area contributed by atoms with E-state index in [1.807, 2.05) is 17.4 Å². The summed E-state index contributed by atoms with van der Waals surface area (Å²) >= 11 is 1.86. The third-order valence-electron chi connectivity index (χ3n) is 29.0. The van der Waals surface area contributed by atoms with Crippen LogP contribution in [0.3, 0.4) is 0 Å². The van der Waals surface area contributed by atoms with E-state index < -0.39 is 0 Å². The molecule has 0 atom stereocenters. The van der Waals surface area contributed by atoms with Gasteiger partial charge in [-0.05, 0) is 292 Å². The molecule has 0 fully saturated rings. The van der Waals surface area contributed by atoms with Gasteiger partial charge >= 0.3 is 0 Å². The number of nitrogens with zero attached hydrogens (tertiary/aromatic N) is 3. The Morgan fingerprint density at radius 3 is 0.884 bits per heavy atom. The molecule has 0 aliphatic rings. The van der Waals surface area contributed by atoms with Gasteiger partial charge in [-0.2, -0.15) is 0 Å². The average Bonchev–Trinajstić information content (AvgIpc) is 0.856. The maximum Gasteiger partial charge on any atom is 0.159 e. The fourth-order valence-corrected chi connectivity index (χ4v) is 23.1. The topological polar surface area (TPSA) is 22.9 Å². The fraction of sp³-hybridized carbons (Fsp3) is 0. The van der Waals surface area contributed by atoms with E-state index in [1.165, 1.54) is 185 Å². The van der Waals surface area contributed by atoms with Gasteiger partial charge in [0.25, 0.3) is 0 Å². The molecule has 0 aliphatic heterocycles. The highest BCUT2D eigenvalue weighted by atomic mass is 32.1. The first-order chi connectivity index (χ1) is 72.9. The minimum Gasteiger partial charge on any atom is -0.454 e. The summed E-state index contributed by atoms with van der Waals surface area (Å²) < 4.78 is 9.27. The zero-order valence-electron chi connectivity index (χ0n) is 80.5. The lowest BCUT2D eigenvalue weighted by molar-refractivity contribution is 0.669. The van der Waals surface area contributed by atoms with Gasteiger partial charge in [0.2, 0.25) is 0 Å². The summed E-state index contributed by atoms with van der Waals surface area (Å²) in [5.74, 6) is 0. The first-order valence-corrected chi connectivity index (χ1v) is 51.1. The smallest absolute Gasteiger partial charge is 0.159 e. The largest absolute Gasteiger partial charge is 0.454 e. The molecule has 28 rings (SSSR count). The van der Waals surface area contributed by atoms with Gasteiger partial charge in [0.05, 0.1) is 5.69 Å². The highest BCUT2D eigenvalue weighted by Gasteiger charge is 2.26. The first kappa shape index (κ1) is 88.2. The van der Waals surface area contributed by atoms with Crippen molar-refractivity contribution >= 4 is 180 Å². The summed E-state index contributed by atoms with van der Waals surface area (Å²) in [5, 5.41) is 22.6. The third-order valence-corrected chi connectivity index (χ3v) is 30.1. The van der Waals surface area contributed by atoms with E-state index in [9.17, 15) is 0 Å². The van der Waals surface area contributed by atoms with Crippen LogP contribution < -0.4 is 14.7 Å². The molecule has 0 saturated heterocycles. The van der Waals surface area contributed by atoms with Crippen molar-refractivity contribution in [1.82, 2.24) is 0 Å². The molecular formula is C142H95N3OS. The van der Waals surface area contributed by atoms with Crippen molar-refractivity contribution in [3.63, 3.8) is 0 Å². The van der Waals surface area contributed by atoms with E-state index in [-0.39, 0.29) is 0 Å². The Morgan fingerprint density at radius 2 is 0.429 bits per heavy atom. The number of thiophene rings is 1. The Balaban J connectivity index is 0.000000113. The van der Waals surface area contributed by atoms with Gasteiger partial charge in [0.1, 0.15) is 5.58 Å². The van der Waals surface area contributed by atoms with Crippen LogP contribution in [0.15, 0.2) is 581 Å². The van der Waals surface area contributed by atoms with Crippen LogP contribution in [-0.4, -0.2) is 0 Å². The number of para-hydroxylation sites is 2. The number of benzene rings is 26. The number of hydrogen-bond donors (Lipinski definition) is 0. The van der Waals surface area contributed by atoms with Crippen molar-refractivity contribution < 1.29 is 4.42 Å². The van der Waals surface area contributed by atoms with Crippen LogP contribution in [0.4, 0.5) is 51.2 Å². The molecule has 0 N–H and O–H groups in total. The van der Waals surface area contributed by atoms with E-state index in [0.29, 0.717) is 0 Å². The minimum absolute atomic E-state index is 0.864. The predicted molar refractivity (Wildman–Crippen MR) is 630 cm³/mol. The average molecular weight is 1890 g/mol. The molecule has 4 nitrogen and oxygen atoms in total. The van der Waals surface area contributed by atoms with Gasteiger partial charge < -0.3 is 19.1 Å². The number of anilines is 9. The zero-order chi connectivity index (χ0) is 97.5. The van der Waals surface area contributed by atoms with Crippen molar-refractivity contribution in [2.24, 2.45) is 0 Å². The van der Waals surface area contributed by atoms with Gasteiger partial charge in [-0.15, -0.1) is 11.3 Å². The van der Waals surface area contributed by atoms with Crippen molar-refractivity contribution in [2.75, 3.05) is 14.7 Å².